The van der Waals surface area contributed by atoms with Gasteiger partial charge in [-0.2, -0.15) is 0 Å². The summed E-state index contributed by atoms with van der Waals surface area (Å²) in [5.41, 5.74) is 2.73. The zero-order chi connectivity index (χ0) is 21.6. The number of carbonyl (C=O) groups is 1. The number of hydrogen-bond donors (Lipinski definition) is 1. The predicted octanol–water partition coefficient (Wildman–Crippen LogP) is 3.85. The number of fused-ring (bicyclic) bond motifs is 1. The first-order chi connectivity index (χ1) is 15.1. The lowest BCUT2D eigenvalue weighted by Crippen LogP contribution is -2.32. The van der Waals surface area contributed by atoms with Crippen LogP contribution in [-0.4, -0.2) is 33.4 Å². The number of benzene rings is 2. The van der Waals surface area contributed by atoms with Crippen molar-refractivity contribution in [1.82, 2.24) is 19.8 Å². The van der Waals surface area contributed by atoms with Crippen LogP contribution < -0.4 is 10.9 Å². The Kier molecular flexibility index (Phi) is 7.14. The van der Waals surface area contributed by atoms with Gasteiger partial charge >= 0.3 is 0 Å². The van der Waals surface area contributed by atoms with Gasteiger partial charge in [0.25, 0.3) is 5.56 Å². The van der Waals surface area contributed by atoms with E-state index in [1.165, 1.54) is 42.1 Å². The Hall–Kier alpha value is -2.51. The molecule has 6 nitrogen and oxygen atoms in total. The minimum Gasteiger partial charge on any atom is -0.350 e. The van der Waals surface area contributed by atoms with Gasteiger partial charge in [-0.1, -0.05) is 53.0 Å². The van der Waals surface area contributed by atoms with Crippen molar-refractivity contribution >= 4 is 32.7 Å². The molecule has 31 heavy (non-hydrogen) atoms. The zero-order valence-corrected chi connectivity index (χ0v) is 19.1. The van der Waals surface area contributed by atoms with E-state index in [1.54, 1.807) is 12.1 Å². The first-order valence-electron chi connectivity index (χ1n) is 10.8. The summed E-state index contributed by atoms with van der Waals surface area (Å²) >= 11 is 3.38. The normalized spacial score (nSPS) is 15.0. The molecule has 0 atom stereocenters. The summed E-state index contributed by atoms with van der Waals surface area (Å²) in [5, 5.41) is 3.42. The Morgan fingerprint density at radius 3 is 2.61 bits per heavy atom. The van der Waals surface area contributed by atoms with E-state index in [2.05, 4.69) is 43.3 Å². The van der Waals surface area contributed by atoms with Crippen molar-refractivity contribution in [3.63, 3.8) is 0 Å². The molecular formula is C24H27BrN4O2. The van der Waals surface area contributed by atoms with Crippen LogP contribution in [-0.2, 0) is 24.4 Å². The summed E-state index contributed by atoms with van der Waals surface area (Å²) in [6, 6.07) is 13.7. The highest BCUT2D eigenvalue weighted by molar-refractivity contribution is 9.10. The summed E-state index contributed by atoms with van der Waals surface area (Å²) in [4.78, 5) is 31.9. The Balaban J connectivity index is 1.36. The van der Waals surface area contributed by atoms with Crippen molar-refractivity contribution in [3.8, 4) is 0 Å². The molecule has 1 aliphatic rings. The zero-order valence-electron chi connectivity index (χ0n) is 17.5. The molecule has 1 saturated heterocycles. The van der Waals surface area contributed by atoms with Gasteiger partial charge < -0.3 is 5.32 Å². The monoisotopic (exact) mass is 482 g/mol. The van der Waals surface area contributed by atoms with Crippen LogP contribution in [0.4, 0.5) is 0 Å². The lowest BCUT2D eigenvalue weighted by molar-refractivity contribution is -0.121. The van der Waals surface area contributed by atoms with Crippen LogP contribution in [0.2, 0.25) is 0 Å². The number of halogens is 1. The number of nitrogens with zero attached hydrogens (tertiary/aromatic N) is 3. The largest absolute Gasteiger partial charge is 0.350 e. The lowest BCUT2D eigenvalue weighted by atomic mass is 10.1. The maximum Gasteiger partial charge on any atom is 0.261 e. The van der Waals surface area contributed by atoms with Crippen LogP contribution >= 0.6 is 15.9 Å². The van der Waals surface area contributed by atoms with Gasteiger partial charge in [0.05, 0.1) is 17.2 Å². The van der Waals surface area contributed by atoms with Crippen molar-refractivity contribution < 1.29 is 4.79 Å². The second-order valence-corrected chi connectivity index (χ2v) is 9.04. The van der Waals surface area contributed by atoms with E-state index >= 15 is 0 Å². The molecule has 1 fully saturated rings. The van der Waals surface area contributed by atoms with Crippen LogP contribution in [0.1, 0.15) is 36.8 Å². The Morgan fingerprint density at radius 1 is 1.03 bits per heavy atom. The number of aromatic nitrogens is 2. The third kappa shape index (κ3) is 5.80. The quantitative estimate of drug-likeness (QED) is 0.579. The molecule has 2 aromatic carbocycles. The van der Waals surface area contributed by atoms with Gasteiger partial charge in [0.15, 0.2) is 0 Å². The molecule has 1 aromatic heterocycles. The molecule has 0 bridgehead atoms. The fourth-order valence-electron chi connectivity index (χ4n) is 4.05. The Labute approximate surface area is 190 Å². The number of nitrogens with one attached hydrogen (secondary N) is 1. The average Bonchev–Trinajstić information content (AvgIpc) is 3.04. The van der Waals surface area contributed by atoms with E-state index in [-0.39, 0.29) is 18.0 Å². The van der Waals surface area contributed by atoms with Crippen molar-refractivity contribution in [2.24, 2.45) is 0 Å². The van der Waals surface area contributed by atoms with Gasteiger partial charge in [-0.15, -0.1) is 0 Å². The van der Waals surface area contributed by atoms with Crippen LogP contribution in [0, 0.1) is 0 Å². The van der Waals surface area contributed by atoms with Crippen molar-refractivity contribution in [2.45, 2.75) is 45.3 Å². The lowest BCUT2D eigenvalue weighted by Gasteiger charge is -2.20. The minimum atomic E-state index is -0.221. The number of likely N-dealkylation sites (tertiary alicyclic amines) is 1. The number of hydrogen-bond acceptors (Lipinski definition) is 4. The first-order valence-corrected chi connectivity index (χ1v) is 11.6. The summed E-state index contributed by atoms with van der Waals surface area (Å²) in [6.45, 7) is 3.66. The van der Waals surface area contributed by atoms with Crippen LogP contribution in [0.5, 0.6) is 0 Å². The predicted molar refractivity (Wildman–Crippen MR) is 126 cm³/mol. The SMILES string of the molecule is O=C(Cn1cnc2ccc(Br)cc2c1=O)NCc1cccc(CN2CCCCCC2)c1. The minimum absolute atomic E-state index is 0.0538. The number of amides is 1. The molecule has 0 radical (unpaired) electrons. The third-order valence-electron chi connectivity index (χ3n) is 5.69. The summed E-state index contributed by atoms with van der Waals surface area (Å²) < 4.78 is 2.15. The van der Waals surface area contributed by atoms with Gasteiger partial charge in [-0.05, 0) is 55.3 Å². The first kappa shape index (κ1) is 21.7. The van der Waals surface area contributed by atoms with Gasteiger partial charge in [0, 0.05) is 17.6 Å². The molecule has 1 aliphatic heterocycles. The fraction of sp³-hybridized carbons (Fsp3) is 0.375. The number of carbonyl (C=O) groups excluding carboxylic acids is 1. The standard InChI is InChI=1S/C24H27BrN4O2/c25-20-8-9-22-21(13-20)24(31)29(17-27-22)16-23(30)26-14-18-6-5-7-19(12-18)15-28-10-3-1-2-4-11-28/h5-9,12-13,17H,1-4,10-11,14-16H2,(H,26,30). The van der Waals surface area contributed by atoms with Crippen molar-refractivity contribution in [2.75, 3.05) is 13.1 Å². The van der Waals surface area contributed by atoms with Crippen LogP contribution in [0.3, 0.4) is 0 Å². The summed E-state index contributed by atoms with van der Waals surface area (Å²) in [5.74, 6) is -0.212. The molecule has 0 saturated carbocycles. The van der Waals surface area contributed by atoms with E-state index in [0.717, 1.165) is 29.7 Å². The Bertz CT molecular complexity index is 1120. The fourth-order valence-corrected chi connectivity index (χ4v) is 4.41. The van der Waals surface area contributed by atoms with Gasteiger partial charge in [0.2, 0.25) is 5.91 Å². The van der Waals surface area contributed by atoms with Gasteiger partial charge in [-0.3, -0.25) is 19.1 Å². The molecule has 0 spiro atoms. The second-order valence-electron chi connectivity index (χ2n) is 8.13. The van der Waals surface area contributed by atoms with Crippen molar-refractivity contribution in [1.29, 1.82) is 0 Å². The molecule has 0 aliphatic carbocycles. The third-order valence-corrected chi connectivity index (χ3v) is 6.18. The summed E-state index contributed by atoms with van der Waals surface area (Å²) in [7, 11) is 0. The average molecular weight is 483 g/mol. The van der Waals surface area contributed by atoms with E-state index in [9.17, 15) is 9.59 Å². The molecule has 3 aromatic rings. The smallest absolute Gasteiger partial charge is 0.261 e. The highest BCUT2D eigenvalue weighted by atomic mass is 79.9. The topological polar surface area (TPSA) is 67.2 Å². The number of rotatable bonds is 6. The molecule has 1 N–H and O–H groups in total. The van der Waals surface area contributed by atoms with E-state index in [4.69, 9.17) is 0 Å². The second kappa shape index (κ2) is 10.2. The molecule has 162 valence electrons. The molecule has 4 rings (SSSR count). The Morgan fingerprint density at radius 2 is 1.81 bits per heavy atom. The highest BCUT2D eigenvalue weighted by Crippen LogP contribution is 2.15. The van der Waals surface area contributed by atoms with Crippen LogP contribution in [0.25, 0.3) is 10.9 Å². The van der Waals surface area contributed by atoms with E-state index in [1.807, 2.05) is 18.2 Å². The summed E-state index contributed by atoms with van der Waals surface area (Å²) in [6.07, 6.45) is 6.64. The van der Waals surface area contributed by atoms with Gasteiger partial charge in [-0.25, -0.2) is 4.98 Å². The van der Waals surface area contributed by atoms with Crippen LogP contribution in [0.15, 0.2) is 58.1 Å². The van der Waals surface area contributed by atoms with Gasteiger partial charge in [0.1, 0.15) is 6.54 Å². The highest BCUT2D eigenvalue weighted by Gasteiger charge is 2.11. The van der Waals surface area contributed by atoms with E-state index in [0.29, 0.717) is 17.4 Å². The maximum atomic E-state index is 12.7. The molecular weight excluding hydrogens is 456 g/mol. The molecule has 2 heterocycles. The van der Waals surface area contributed by atoms with E-state index < -0.39 is 0 Å². The molecule has 7 heteroatoms. The van der Waals surface area contributed by atoms with Crippen molar-refractivity contribution in [3.05, 3.63) is 74.7 Å². The maximum absolute atomic E-state index is 12.7. The molecule has 0 unspecified atom stereocenters. The molecule has 1 amide bonds.